The number of para-hydroxylation sites is 3. The second-order valence-electron chi connectivity index (χ2n) is 13.8. The van der Waals surface area contributed by atoms with Crippen LogP contribution in [0.25, 0.3) is 89.4 Å². The van der Waals surface area contributed by atoms with Crippen LogP contribution in [0.3, 0.4) is 0 Å². The monoisotopic (exact) mass is 705 g/mol. The van der Waals surface area contributed by atoms with Crippen LogP contribution in [0, 0.1) is 12.3 Å². The van der Waals surface area contributed by atoms with Gasteiger partial charge < -0.3 is 4.57 Å². The standard InChI is InChI=1S/C50H35N5/c1-3-5-16-33(4-2)49-50(53-40-22-12-11-21-39(40)52-49)41-23-15-26-46(51-41)55-43-25-14-10-20-38(43)48-45(55)32-31-44-47(48)37-19-9-13-24-42(37)54(44)36-29-27-35(28-30-36)34-17-7-6-8-18-34/h1,4-13,15-24,26-32H,14,25H2,2H3/b16-5-,33-4+. The van der Waals surface area contributed by atoms with Gasteiger partial charge in [0.25, 0.3) is 0 Å². The number of hydrogen-bond donors (Lipinski definition) is 0. The maximum absolute atomic E-state index is 5.62. The number of fused-ring (bicyclic) bond motifs is 8. The highest BCUT2D eigenvalue weighted by molar-refractivity contribution is 6.23. The Labute approximate surface area is 319 Å². The van der Waals surface area contributed by atoms with E-state index in [4.69, 9.17) is 21.4 Å². The van der Waals surface area contributed by atoms with Gasteiger partial charge in [-0.1, -0.05) is 103 Å². The smallest absolute Gasteiger partial charge is 0.138 e. The van der Waals surface area contributed by atoms with E-state index in [1.807, 2.05) is 49.4 Å². The van der Waals surface area contributed by atoms with Crippen LogP contribution in [0.5, 0.6) is 0 Å². The van der Waals surface area contributed by atoms with Crippen molar-refractivity contribution < 1.29 is 0 Å². The van der Waals surface area contributed by atoms with Gasteiger partial charge in [0, 0.05) is 33.1 Å². The average Bonchev–Trinajstić information content (AvgIpc) is 3.77. The summed E-state index contributed by atoms with van der Waals surface area (Å²) in [4.78, 5) is 15.6. The SMILES string of the molecule is C#C/C=C\C(=C/C)c1nc2ccccc2nc1-c1cccc(-n2c3c(c4c5c6ccccc6n(-c6ccc(-c7ccccc7)cc6)c5ccc42)C=CCC3)n1. The molecule has 1 aliphatic carbocycles. The summed E-state index contributed by atoms with van der Waals surface area (Å²) in [6.45, 7) is 1.99. The van der Waals surface area contributed by atoms with Gasteiger partial charge in [-0.15, -0.1) is 6.42 Å². The van der Waals surface area contributed by atoms with Crippen molar-refractivity contribution in [3.63, 3.8) is 0 Å². The van der Waals surface area contributed by atoms with Crippen molar-refractivity contribution in [1.82, 2.24) is 24.1 Å². The zero-order valence-corrected chi connectivity index (χ0v) is 30.3. The number of aromatic nitrogens is 5. The highest BCUT2D eigenvalue weighted by Crippen LogP contribution is 2.43. The largest absolute Gasteiger partial charge is 0.309 e. The summed E-state index contributed by atoms with van der Waals surface area (Å²) < 4.78 is 4.77. The molecule has 0 saturated heterocycles. The quantitative estimate of drug-likeness (QED) is 0.128. The second kappa shape index (κ2) is 13.3. The number of terminal acetylenes is 1. The third kappa shape index (κ3) is 5.30. The molecule has 0 fully saturated rings. The van der Waals surface area contributed by atoms with E-state index in [-0.39, 0.29) is 0 Å². The Morgan fingerprint density at radius 2 is 1.40 bits per heavy atom. The van der Waals surface area contributed by atoms with Crippen molar-refractivity contribution in [2.24, 2.45) is 0 Å². The van der Waals surface area contributed by atoms with E-state index < -0.39 is 0 Å². The van der Waals surface area contributed by atoms with Gasteiger partial charge in [-0.25, -0.2) is 15.0 Å². The molecule has 4 heterocycles. The molecule has 0 saturated carbocycles. The molecule has 260 valence electrons. The van der Waals surface area contributed by atoms with Crippen molar-refractivity contribution in [2.75, 3.05) is 0 Å². The zero-order valence-electron chi connectivity index (χ0n) is 30.3. The van der Waals surface area contributed by atoms with E-state index in [1.165, 1.54) is 49.6 Å². The molecule has 4 aromatic heterocycles. The van der Waals surface area contributed by atoms with E-state index in [2.05, 4.69) is 130 Å². The molecule has 0 spiro atoms. The molecule has 5 heteroatoms. The Bertz CT molecular complexity index is 3090. The number of rotatable bonds is 6. The molecule has 9 aromatic rings. The Balaban J connectivity index is 1.19. The maximum Gasteiger partial charge on any atom is 0.138 e. The van der Waals surface area contributed by atoms with Crippen molar-refractivity contribution in [1.29, 1.82) is 0 Å². The summed E-state index contributed by atoms with van der Waals surface area (Å²) in [7, 11) is 0. The lowest BCUT2D eigenvalue weighted by Gasteiger charge is -2.15. The van der Waals surface area contributed by atoms with Gasteiger partial charge in [-0.3, -0.25) is 4.57 Å². The Hall–Kier alpha value is -7.29. The number of benzene rings is 5. The van der Waals surface area contributed by atoms with Crippen LogP contribution in [-0.4, -0.2) is 24.1 Å². The first-order valence-corrected chi connectivity index (χ1v) is 18.7. The molecule has 0 radical (unpaired) electrons. The van der Waals surface area contributed by atoms with Crippen molar-refractivity contribution >= 4 is 55.4 Å². The normalized spacial score (nSPS) is 13.0. The number of nitrogens with zero attached hydrogens (tertiary/aromatic N) is 5. The van der Waals surface area contributed by atoms with Gasteiger partial charge in [0.05, 0.1) is 39.0 Å². The van der Waals surface area contributed by atoms with E-state index >= 15 is 0 Å². The summed E-state index contributed by atoms with van der Waals surface area (Å²) >= 11 is 0. The Kier molecular flexibility index (Phi) is 7.82. The molecule has 0 unspecified atom stereocenters. The van der Waals surface area contributed by atoms with Crippen LogP contribution in [-0.2, 0) is 6.42 Å². The molecule has 5 aromatic carbocycles. The molecule has 0 aliphatic heterocycles. The second-order valence-corrected chi connectivity index (χ2v) is 13.8. The van der Waals surface area contributed by atoms with Gasteiger partial charge in [0.15, 0.2) is 0 Å². The molecule has 0 atom stereocenters. The first-order chi connectivity index (χ1) is 27.2. The van der Waals surface area contributed by atoms with Gasteiger partial charge in [-0.05, 0) is 103 Å². The third-order valence-electron chi connectivity index (χ3n) is 10.7. The van der Waals surface area contributed by atoms with Crippen molar-refractivity contribution in [3.05, 3.63) is 175 Å². The van der Waals surface area contributed by atoms with Crippen molar-refractivity contribution in [3.8, 4) is 46.4 Å². The Morgan fingerprint density at radius 1 is 0.673 bits per heavy atom. The first kappa shape index (κ1) is 32.4. The van der Waals surface area contributed by atoms with Crippen LogP contribution in [0.15, 0.2) is 158 Å². The molecular weight excluding hydrogens is 671 g/mol. The molecule has 0 amide bonds. The lowest BCUT2D eigenvalue weighted by molar-refractivity contribution is 0.871. The van der Waals surface area contributed by atoms with Crippen LogP contribution < -0.4 is 0 Å². The molecule has 55 heavy (non-hydrogen) atoms. The number of hydrogen-bond acceptors (Lipinski definition) is 3. The molecule has 10 rings (SSSR count). The molecule has 1 aliphatic rings. The fourth-order valence-electron chi connectivity index (χ4n) is 8.25. The predicted octanol–water partition coefficient (Wildman–Crippen LogP) is 12.0. The van der Waals surface area contributed by atoms with Gasteiger partial charge in [0.2, 0.25) is 0 Å². The summed E-state index contributed by atoms with van der Waals surface area (Å²) in [6.07, 6.45) is 17.7. The van der Waals surface area contributed by atoms with Crippen LogP contribution in [0.4, 0.5) is 0 Å². The minimum absolute atomic E-state index is 0.712. The van der Waals surface area contributed by atoms with Crippen LogP contribution >= 0.6 is 0 Å². The highest BCUT2D eigenvalue weighted by atomic mass is 15.1. The number of allylic oxidation sites excluding steroid dienone is 5. The maximum atomic E-state index is 5.62. The van der Waals surface area contributed by atoms with E-state index in [1.54, 1.807) is 6.08 Å². The first-order valence-electron chi connectivity index (χ1n) is 18.7. The lowest BCUT2D eigenvalue weighted by Crippen LogP contribution is -2.06. The molecule has 0 N–H and O–H groups in total. The predicted molar refractivity (Wildman–Crippen MR) is 228 cm³/mol. The summed E-state index contributed by atoms with van der Waals surface area (Å²) in [5, 5.41) is 3.72. The van der Waals surface area contributed by atoms with Gasteiger partial charge in [0.1, 0.15) is 11.5 Å². The fourth-order valence-corrected chi connectivity index (χ4v) is 8.25. The fraction of sp³-hybridized carbons (Fsp3) is 0.0600. The van der Waals surface area contributed by atoms with E-state index in [0.29, 0.717) is 5.69 Å². The molecular formula is C50H35N5. The summed E-state index contributed by atoms with van der Waals surface area (Å²) in [6, 6.07) is 46.9. The minimum atomic E-state index is 0.712. The van der Waals surface area contributed by atoms with Gasteiger partial charge in [-0.2, -0.15) is 0 Å². The third-order valence-corrected chi connectivity index (χ3v) is 10.7. The topological polar surface area (TPSA) is 48.5 Å². The highest BCUT2D eigenvalue weighted by Gasteiger charge is 2.25. The van der Waals surface area contributed by atoms with Crippen LogP contribution in [0.1, 0.15) is 30.3 Å². The summed E-state index contributed by atoms with van der Waals surface area (Å²) in [5.74, 6) is 3.47. The molecule has 0 bridgehead atoms. The van der Waals surface area contributed by atoms with Crippen LogP contribution in [0.2, 0.25) is 0 Å². The van der Waals surface area contributed by atoms with E-state index in [0.717, 1.165) is 57.9 Å². The average molecular weight is 706 g/mol. The van der Waals surface area contributed by atoms with Crippen molar-refractivity contribution in [2.45, 2.75) is 19.8 Å². The molecule has 5 nitrogen and oxygen atoms in total. The zero-order chi connectivity index (χ0) is 36.9. The van der Waals surface area contributed by atoms with E-state index in [9.17, 15) is 0 Å². The Morgan fingerprint density at radius 3 is 2.20 bits per heavy atom. The minimum Gasteiger partial charge on any atom is -0.309 e. The lowest BCUT2D eigenvalue weighted by atomic mass is 9.99. The number of pyridine rings is 1. The summed E-state index contributed by atoms with van der Waals surface area (Å²) in [5.41, 5.74) is 14.3. The van der Waals surface area contributed by atoms with Gasteiger partial charge >= 0.3 is 0 Å².